The van der Waals surface area contributed by atoms with Crippen molar-refractivity contribution in [2.75, 3.05) is 19.8 Å². The fraction of sp³-hybridized carbons (Fsp3) is 1.00. The predicted octanol–water partition coefficient (Wildman–Crippen LogP) is 4.00. The first-order valence-electron chi connectivity index (χ1n) is 9.16. The Morgan fingerprint density at radius 2 is 1.90 bits per heavy atom. The Morgan fingerprint density at radius 1 is 1.05 bits per heavy atom. The fourth-order valence-corrected chi connectivity index (χ4v) is 5.03. The van der Waals surface area contributed by atoms with Gasteiger partial charge >= 0.3 is 0 Å². The first-order chi connectivity index (χ1) is 9.85. The highest BCUT2D eigenvalue weighted by Crippen LogP contribution is 2.50. The summed E-state index contributed by atoms with van der Waals surface area (Å²) in [7, 11) is 0. The van der Waals surface area contributed by atoms with E-state index in [-0.39, 0.29) is 0 Å². The summed E-state index contributed by atoms with van der Waals surface area (Å²) in [6, 6.07) is 0.780. The maximum absolute atomic E-state index is 5.52. The quantitative estimate of drug-likeness (QED) is 0.760. The zero-order chi connectivity index (χ0) is 13.8. The van der Waals surface area contributed by atoms with E-state index in [0.717, 1.165) is 42.9 Å². The molecule has 3 rings (SSSR count). The SMILES string of the molecule is CCCNC(CC1CCOCC1)CC1CC2CCC1C2. The van der Waals surface area contributed by atoms with Crippen molar-refractivity contribution in [3.63, 3.8) is 0 Å². The van der Waals surface area contributed by atoms with Crippen molar-refractivity contribution in [1.82, 2.24) is 5.32 Å². The average molecular weight is 279 g/mol. The summed E-state index contributed by atoms with van der Waals surface area (Å²) in [5.74, 6) is 4.14. The van der Waals surface area contributed by atoms with E-state index in [1.807, 2.05) is 0 Å². The molecule has 0 amide bonds. The lowest BCUT2D eigenvalue weighted by Crippen LogP contribution is -2.35. The van der Waals surface area contributed by atoms with Crippen molar-refractivity contribution in [3.8, 4) is 0 Å². The van der Waals surface area contributed by atoms with Crippen LogP contribution in [0.1, 0.15) is 64.7 Å². The van der Waals surface area contributed by atoms with E-state index in [0.29, 0.717) is 0 Å². The first kappa shape index (κ1) is 14.8. The maximum atomic E-state index is 5.52. The zero-order valence-corrected chi connectivity index (χ0v) is 13.3. The van der Waals surface area contributed by atoms with Crippen LogP contribution >= 0.6 is 0 Å². The van der Waals surface area contributed by atoms with E-state index < -0.39 is 0 Å². The van der Waals surface area contributed by atoms with E-state index >= 15 is 0 Å². The normalized spacial score (nSPS) is 35.5. The van der Waals surface area contributed by atoms with Crippen LogP contribution in [0.2, 0.25) is 0 Å². The molecular weight excluding hydrogens is 246 g/mol. The molecule has 0 aromatic carbocycles. The second kappa shape index (κ2) is 7.26. The van der Waals surface area contributed by atoms with Gasteiger partial charge in [0.25, 0.3) is 0 Å². The molecule has 2 bridgehead atoms. The van der Waals surface area contributed by atoms with Gasteiger partial charge < -0.3 is 10.1 Å². The number of rotatable bonds is 7. The highest BCUT2D eigenvalue weighted by Gasteiger charge is 2.40. The number of hydrogen-bond acceptors (Lipinski definition) is 2. The van der Waals surface area contributed by atoms with Gasteiger partial charge in [0.05, 0.1) is 0 Å². The highest BCUT2D eigenvalue weighted by molar-refractivity contribution is 4.92. The van der Waals surface area contributed by atoms with Crippen LogP contribution in [0.5, 0.6) is 0 Å². The van der Waals surface area contributed by atoms with Crippen molar-refractivity contribution in [2.45, 2.75) is 70.8 Å². The second-order valence-electron chi connectivity index (χ2n) is 7.61. The lowest BCUT2D eigenvalue weighted by molar-refractivity contribution is 0.0590. The molecule has 3 fully saturated rings. The molecule has 3 aliphatic rings. The van der Waals surface area contributed by atoms with Gasteiger partial charge in [0.2, 0.25) is 0 Å². The molecule has 2 aliphatic carbocycles. The molecule has 0 radical (unpaired) electrons. The Kier molecular flexibility index (Phi) is 5.39. The van der Waals surface area contributed by atoms with Crippen LogP contribution in [-0.2, 0) is 4.74 Å². The number of fused-ring (bicyclic) bond motifs is 2. The van der Waals surface area contributed by atoms with Gasteiger partial charge in [-0.15, -0.1) is 0 Å². The lowest BCUT2D eigenvalue weighted by atomic mass is 9.81. The van der Waals surface area contributed by atoms with Gasteiger partial charge in [-0.2, -0.15) is 0 Å². The number of hydrogen-bond donors (Lipinski definition) is 1. The van der Waals surface area contributed by atoms with Gasteiger partial charge in [0.15, 0.2) is 0 Å². The van der Waals surface area contributed by atoms with Gasteiger partial charge in [-0.05, 0) is 81.6 Å². The monoisotopic (exact) mass is 279 g/mol. The molecule has 0 aromatic heterocycles. The average Bonchev–Trinajstić information content (AvgIpc) is 3.08. The van der Waals surface area contributed by atoms with E-state index in [1.54, 1.807) is 12.8 Å². The zero-order valence-electron chi connectivity index (χ0n) is 13.3. The molecule has 4 unspecified atom stereocenters. The third-order valence-electron chi connectivity index (χ3n) is 6.11. The third-order valence-corrected chi connectivity index (χ3v) is 6.11. The topological polar surface area (TPSA) is 21.3 Å². The number of ether oxygens (including phenoxy) is 1. The summed E-state index contributed by atoms with van der Waals surface area (Å²) in [6.45, 7) is 5.49. The minimum atomic E-state index is 0.780. The molecule has 1 saturated heterocycles. The minimum absolute atomic E-state index is 0.780. The van der Waals surface area contributed by atoms with Crippen LogP contribution in [0.15, 0.2) is 0 Å². The molecule has 1 aliphatic heterocycles. The Bertz CT molecular complexity index is 287. The standard InChI is InChI=1S/C18H33NO/c1-2-7-19-18(12-14-5-8-20-9-6-14)13-17-11-15-3-4-16(17)10-15/h14-19H,2-13H2,1H3. The van der Waals surface area contributed by atoms with Gasteiger partial charge in [-0.3, -0.25) is 0 Å². The summed E-state index contributed by atoms with van der Waals surface area (Å²) in [4.78, 5) is 0. The Hall–Kier alpha value is -0.0800. The Balaban J connectivity index is 1.49. The molecule has 1 heterocycles. The van der Waals surface area contributed by atoms with Crippen LogP contribution in [0.3, 0.4) is 0 Å². The first-order valence-corrected chi connectivity index (χ1v) is 9.16. The van der Waals surface area contributed by atoms with E-state index in [9.17, 15) is 0 Å². The molecule has 2 heteroatoms. The molecule has 4 atom stereocenters. The van der Waals surface area contributed by atoms with Crippen LogP contribution in [-0.4, -0.2) is 25.8 Å². The molecule has 116 valence electrons. The summed E-state index contributed by atoms with van der Waals surface area (Å²) in [5.41, 5.74) is 0. The largest absolute Gasteiger partial charge is 0.381 e. The Labute approximate surface area is 125 Å². The van der Waals surface area contributed by atoms with Crippen molar-refractivity contribution in [2.24, 2.45) is 23.7 Å². The van der Waals surface area contributed by atoms with Gasteiger partial charge in [-0.25, -0.2) is 0 Å². The van der Waals surface area contributed by atoms with E-state index in [1.165, 1.54) is 51.5 Å². The van der Waals surface area contributed by atoms with Crippen molar-refractivity contribution in [3.05, 3.63) is 0 Å². The van der Waals surface area contributed by atoms with Gasteiger partial charge in [0, 0.05) is 19.3 Å². The molecule has 0 spiro atoms. The number of nitrogens with one attached hydrogen (secondary N) is 1. The van der Waals surface area contributed by atoms with Crippen molar-refractivity contribution in [1.29, 1.82) is 0 Å². The van der Waals surface area contributed by atoms with Crippen LogP contribution < -0.4 is 5.32 Å². The van der Waals surface area contributed by atoms with Crippen molar-refractivity contribution < 1.29 is 4.74 Å². The predicted molar refractivity (Wildman–Crippen MR) is 83.8 cm³/mol. The summed E-state index contributed by atoms with van der Waals surface area (Å²) >= 11 is 0. The maximum Gasteiger partial charge on any atom is 0.0468 e. The van der Waals surface area contributed by atoms with E-state index in [4.69, 9.17) is 4.74 Å². The van der Waals surface area contributed by atoms with E-state index in [2.05, 4.69) is 12.2 Å². The third kappa shape index (κ3) is 3.76. The Morgan fingerprint density at radius 3 is 2.55 bits per heavy atom. The summed E-state index contributed by atoms with van der Waals surface area (Å²) in [5, 5.41) is 3.86. The van der Waals surface area contributed by atoms with Crippen LogP contribution in [0.25, 0.3) is 0 Å². The highest BCUT2D eigenvalue weighted by atomic mass is 16.5. The summed E-state index contributed by atoms with van der Waals surface area (Å²) < 4.78 is 5.52. The summed E-state index contributed by atoms with van der Waals surface area (Å²) in [6.07, 6.45) is 12.9. The smallest absolute Gasteiger partial charge is 0.0468 e. The van der Waals surface area contributed by atoms with Gasteiger partial charge in [-0.1, -0.05) is 13.3 Å². The molecule has 0 aromatic rings. The van der Waals surface area contributed by atoms with Crippen LogP contribution in [0.4, 0.5) is 0 Å². The second-order valence-corrected chi connectivity index (χ2v) is 7.61. The van der Waals surface area contributed by atoms with Crippen molar-refractivity contribution >= 4 is 0 Å². The molecule has 2 saturated carbocycles. The van der Waals surface area contributed by atoms with Gasteiger partial charge in [0.1, 0.15) is 0 Å². The van der Waals surface area contributed by atoms with Crippen LogP contribution in [0, 0.1) is 23.7 Å². The molecule has 1 N–H and O–H groups in total. The molecular formula is C18H33NO. The fourth-order valence-electron chi connectivity index (χ4n) is 5.03. The minimum Gasteiger partial charge on any atom is -0.381 e. The lowest BCUT2D eigenvalue weighted by Gasteiger charge is -2.31. The molecule has 20 heavy (non-hydrogen) atoms. The molecule has 2 nitrogen and oxygen atoms in total.